The standard InChI is InChI=1S/C50H60ClF3N8O5/c1-29(36-23-37(50(52,53)54)26-38(55)24-36)56-46-40-27-39(44(67-3)28-42(40)57-30(2)58-46)33-7-9-34(10-8-33)47(64)60-18-13-31(14-19-60)5-4-6-32-15-20-61(21-16-32)48(65)35-11-12-41(51)43(25-35)62-22-17-45(63)59-49(62)66/h11-12,23-29,31-34H,4-10,13-22,55H2,1-3H3,(H,56,57,58)(H,59,63,66)/t29-,33?,34?/m1/s1. The molecule has 4 aliphatic rings. The van der Waals surface area contributed by atoms with Crippen molar-refractivity contribution in [3.63, 3.8) is 0 Å². The van der Waals surface area contributed by atoms with Gasteiger partial charge in [-0.2, -0.15) is 13.2 Å². The van der Waals surface area contributed by atoms with Crippen LogP contribution in [-0.2, 0) is 15.8 Å². The second kappa shape index (κ2) is 20.3. The Labute approximate surface area is 394 Å². The van der Waals surface area contributed by atoms with Crippen molar-refractivity contribution in [2.75, 3.05) is 55.8 Å². The summed E-state index contributed by atoms with van der Waals surface area (Å²) in [6.45, 7) is 6.68. The lowest BCUT2D eigenvalue weighted by molar-refractivity contribution is -0.138. The lowest BCUT2D eigenvalue weighted by Crippen LogP contribution is -2.49. The van der Waals surface area contributed by atoms with Gasteiger partial charge in [0.1, 0.15) is 17.4 Å². The van der Waals surface area contributed by atoms with Gasteiger partial charge in [0.2, 0.25) is 11.8 Å². The first-order valence-corrected chi connectivity index (χ1v) is 24.0. The number of carbonyl (C=O) groups excluding carboxylic acids is 4. The molecule has 0 bridgehead atoms. The predicted molar refractivity (Wildman–Crippen MR) is 252 cm³/mol. The molecular formula is C50H60ClF3N8O5. The second-order valence-corrected chi connectivity index (χ2v) is 19.3. The molecule has 1 aromatic heterocycles. The van der Waals surface area contributed by atoms with Gasteiger partial charge in [-0.25, -0.2) is 14.8 Å². The molecule has 4 aromatic rings. The Morgan fingerprint density at radius 3 is 2.21 bits per heavy atom. The predicted octanol–water partition coefficient (Wildman–Crippen LogP) is 10.1. The number of halogens is 4. The largest absolute Gasteiger partial charge is 0.496 e. The van der Waals surface area contributed by atoms with Gasteiger partial charge in [-0.3, -0.25) is 24.6 Å². The fraction of sp³-hybridized carbons (Fsp3) is 0.520. The summed E-state index contributed by atoms with van der Waals surface area (Å²) in [7, 11) is 1.64. The average Bonchev–Trinajstić information content (AvgIpc) is 3.31. The number of hydrogen-bond donors (Lipinski definition) is 3. The van der Waals surface area contributed by atoms with Crippen LogP contribution in [0.1, 0.15) is 129 Å². The fourth-order valence-corrected chi connectivity index (χ4v) is 10.8. The average molecular weight is 946 g/mol. The maximum atomic E-state index is 13.9. The molecule has 5 amide bonds. The molecule has 8 rings (SSSR count). The van der Waals surface area contributed by atoms with E-state index in [0.29, 0.717) is 69.7 Å². The summed E-state index contributed by atoms with van der Waals surface area (Å²) in [5.41, 5.74) is 8.05. The van der Waals surface area contributed by atoms with Crippen LogP contribution >= 0.6 is 11.6 Å². The summed E-state index contributed by atoms with van der Waals surface area (Å²) in [6.07, 6.45) is 6.15. The fourth-order valence-electron chi connectivity index (χ4n) is 10.6. The Hall–Kier alpha value is -5.64. The summed E-state index contributed by atoms with van der Waals surface area (Å²) in [6, 6.07) is 11.4. The lowest BCUT2D eigenvalue weighted by atomic mass is 9.77. The van der Waals surface area contributed by atoms with Crippen LogP contribution in [0.15, 0.2) is 48.5 Å². The number of amides is 5. The summed E-state index contributed by atoms with van der Waals surface area (Å²) in [5.74, 6) is 2.85. The highest BCUT2D eigenvalue weighted by molar-refractivity contribution is 6.34. The molecule has 358 valence electrons. The van der Waals surface area contributed by atoms with Crippen LogP contribution in [0.3, 0.4) is 0 Å². The van der Waals surface area contributed by atoms with Gasteiger partial charge in [-0.1, -0.05) is 30.9 Å². The first kappa shape index (κ1) is 47.8. The number of methoxy groups -OCH3 is 1. The van der Waals surface area contributed by atoms with Crippen molar-refractivity contribution in [1.29, 1.82) is 0 Å². The number of aromatic nitrogens is 2. The molecule has 1 saturated carbocycles. The van der Waals surface area contributed by atoms with E-state index in [1.54, 1.807) is 39.2 Å². The Morgan fingerprint density at radius 1 is 0.896 bits per heavy atom. The smallest absolute Gasteiger partial charge is 0.416 e. The van der Waals surface area contributed by atoms with E-state index in [9.17, 15) is 32.3 Å². The number of alkyl halides is 3. The number of carbonyl (C=O) groups is 4. The molecule has 1 atom stereocenters. The minimum absolute atomic E-state index is 0.0224. The third-order valence-electron chi connectivity index (χ3n) is 14.4. The number of hydrogen-bond acceptors (Lipinski definition) is 9. The number of nitrogens with one attached hydrogen (secondary N) is 2. The van der Waals surface area contributed by atoms with Crippen LogP contribution in [0.25, 0.3) is 10.9 Å². The molecule has 67 heavy (non-hydrogen) atoms. The van der Waals surface area contributed by atoms with E-state index >= 15 is 0 Å². The second-order valence-electron chi connectivity index (χ2n) is 18.9. The highest BCUT2D eigenvalue weighted by Crippen LogP contribution is 2.43. The van der Waals surface area contributed by atoms with Crippen LogP contribution in [0.2, 0.25) is 5.02 Å². The van der Waals surface area contributed by atoms with Gasteiger partial charge >= 0.3 is 12.2 Å². The van der Waals surface area contributed by atoms with E-state index in [-0.39, 0.29) is 48.2 Å². The summed E-state index contributed by atoms with van der Waals surface area (Å²) in [4.78, 5) is 66.1. The van der Waals surface area contributed by atoms with Crippen molar-refractivity contribution in [3.05, 3.63) is 81.6 Å². The molecule has 1 aliphatic carbocycles. The van der Waals surface area contributed by atoms with E-state index < -0.39 is 23.8 Å². The molecule has 17 heteroatoms. The van der Waals surface area contributed by atoms with Gasteiger partial charge in [-0.15, -0.1) is 0 Å². The van der Waals surface area contributed by atoms with Crippen LogP contribution in [-0.4, -0.2) is 83.4 Å². The quantitative estimate of drug-likeness (QED) is 0.117. The number of nitrogens with two attached hydrogens (primary N) is 1. The van der Waals surface area contributed by atoms with E-state index in [4.69, 9.17) is 22.1 Å². The number of nitrogens with zero attached hydrogens (tertiary/aromatic N) is 5. The van der Waals surface area contributed by atoms with E-state index in [1.807, 2.05) is 17.0 Å². The Bertz CT molecular complexity index is 2500. The zero-order valence-electron chi connectivity index (χ0n) is 38.4. The molecule has 0 spiro atoms. The van der Waals surface area contributed by atoms with Crippen molar-refractivity contribution in [1.82, 2.24) is 25.1 Å². The number of fused-ring (bicyclic) bond motifs is 1. The van der Waals surface area contributed by atoms with Gasteiger partial charge in [0, 0.05) is 67.8 Å². The molecule has 0 radical (unpaired) electrons. The zero-order chi connectivity index (χ0) is 47.6. The van der Waals surface area contributed by atoms with E-state index in [2.05, 4.69) is 25.5 Å². The minimum Gasteiger partial charge on any atom is -0.496 e. The highest BCUT2D eigenvalue weighted by atomic mass is 35.5. The van der Waals surface area contributed by atoms with E-state index in [1.165, 1.54) is 11.0 Å². The Kier molecular flexibility index (Phi) is 14.5. The third kappa shape index (κ3) is 11.1. The molecule has 4 fully saturated rings. The number of benzene rings is 3. The molecule has 4 heterocycles. The monoisotopic (exact) mass is 944 g/mol. The maximum Gasteiger partial charge on any atom is 0.416 e. The molecule has 4 N–H and O–H groups in total. The molecule has 3 saturated heterocycles. The maximum absolute atomic E-state index is 13.9. The summed E-state index contributed by atoms with van der Waals surface area (Å²) >= 11 is 6.41. The van der Waals surface area contributed by atoms with Gasteiger partial charge < -0.3 is 25.6 Å². The Balaban J connectivity index is 0.787. The molecule has 3 aliphatic heterocycles. The zero-order valence-corrected chi connectivity index (χ0v) is 39.1. The summed E-state index contributed by atoms with van der Waals surface area (Å²) in [5, 5.41) is 6.72. The minimum atomic E-state index is -4.53. The van der Waals surface area contributed by atoms with Crippen LogP contribution in [0.4, 0.5) is 35.2 Å². The number of aryl methyl sites for hydroxylation is 1. The van der Waals surface area contributed by atoms with Crippen LogP contribution in [0.5, 0.6) is 5.75 Å². The van der Waals surface area contributed by atoms with Crippen molar-refractivity contribution < 1.29 is 37.1 Å². The SMILES string of the molecule is COc1cc2nc(C)nc(N[C@H](C)c3cc(N)cc(C(F)(F)F)c3)c2cc1C1CCC(C(=O)N2CCC(CCCC3CCN(C(=O)c4ccc(Cl)c(N5CCC(=O)NC5=O)c4)CC3)CC2)CC1. The van der Waals surface area contributed by atoms with Gasteiger partial charge in [0.15, 0.2) is 0 Å². The number of likely N-dealkylation sites (tertiary alicyclic amines) is 2. The summed E-state index contributed by atoms with van der Waals surface area (Å²) < 4.78 is 46.7. The van der Waals surface area contributed by atoms with Gasteiger partial charge in [-0.05, 0) is 137 Å². The normalized spacial score (nSPS) is 20.5. The van der Waals surface area contributed by atoms with Crippen molar-refractivity contribution in [2.24, 2.45) is 17.8 Å². The molecule has 0 unspecified atom stereocenters. The first-order valence-electron chi connectivity index (χ1n) is 23.6. The topological polar surface area (TPSA) is 163 Å². The lowest BCUT2D eigenvalue weighted by Gasteiger charge is -2.37. The first-order chi connectivity index (χ1) is 32.0. The number of ether oxygens (including phenoxy) is 1. The number of imide groups is 1. The highest BCUT2D eigenvalue weighted by Gasteiger charge is 2.35. The van der Waals surface area contributed by atoms with Gasteiger partial charge in [0.25, 0.3) is 5.91 Å². The third-order valence-corrected chi connectivity index (χ3v) is 14.7. The molecule has 3 aromatic carbocycles. The van der Waals surface area contributed by atoms with Crippen molar-refractivity contribution in [3.8, 4) is 5.75 Å². The molecule has 13 nitrogen and oxygen atoms in total. The molecular weight excluding hydrogens is 885 g/mol. The number of urea groups is 1. The number of rotatable bonds is 12. The Morgan fingerprint density at radius 2 is 1.57 bits per heavy atom. The van der Waals surface area contributed by atoms with Crippen LogP contribution < -0.4 is 26.0 Å². The number of nitrogen functional groups attached to an aromatic ring is 1. The van der Waals surface area contributed by atoms with Crippen molar-refractivity contribution >= 4 is 63.4 Å². The van der Waals surface area contributed by atoms with Crippen LogP contribution in [0, 0.1) is 24.7 Å². The number of anilines is 3. The van der Waals surface area contributed by atoms with E-state index in [0.717, 1.165) is 107 Å². The number of piperidine rings is 2. The van der Waals surface area contributed by atoms with Crippen molar-refractivity contribution in [2.45, 2.75) is 109 Å². The van der Waals surface area contributed by atoms with Gasteiger partial charge in [0.05, 0.1) is 34.9 Å².